The topological polar surface area (TPSA) is 57.8 Å². The Morgan fingerprint density at radius 1 is 1.29 bits per heavy atom. The standard InChI is InChI=1S/C18H18ClN3O2/c1-12(13-4-3-5-16(23)8-13)21(2)11-15-9-18(24)22-10-14(19)6-7-17(22)20-15/h3-10,12,23H,11H2,1-2H3/t12-/m1/s1. The number of phenolic OH excluding ortho intramolecular Hbond substituents is 1. The van der Waals surface area contributed by atoms with E-state index in [4.69, 9.17) is 11.6 Å². The lowest BCUT2D eigenvalue weighted by molar-refractivity contribution is 0.249. The van der Waals surface area contributed by atoms with Gasteiger partial charge in [0.15, 0.2) is 0 Å². The van der Waals surface area contributed by atoms with E-state index in [0.29, 0.717) is 22.9 Å². The van der Waals surface area contributed by atoms with Crippen LogP contribution in [0.15, 0.2) is 53.5 Å². The van der Waals surface area contributed by atoms with Gasteiger partial charge in [-0.3, -0.25) is 14.1 Å². The predicted octanol–water partition coefficient (Wildman–Crippen LogP) is 3.25. The molecule has 3 rings (SSSR count). The molecule has 3 aromatic rings. The average molecular weight is 344 g/mol. The first-order valence-corrected chi connectivity index (χ1v) is 7.99. The Kier molecular flexibility index (Phi) is 4.55. The maximum atomic E-state index is 12.2. The van der Waals surface area contributed by atoms with E-state index in [2.05, 4.69) is 9.88 Å². The molecule has 0 amide bonds. The lowest BCUT2D eigenvalue weighted by atomic mass is 10.1. The fourth-order valence-electron chi connectivity index (χ4n) is 2.64. The third-order valence-corrected chi connectivity index (χ3v) is 4.33. The summed E-state index contributed by atoms with van der Waals surface area (Å²) < 4.78 is 1.44. The number of aromatic hydroxyl groups is 1. The molecule has 0 fully saturated rings. The molecule has 0 saturated carbocycles. The van der Waals surface area contributed by atoms with Crippen LogP contribution in [-0.4, -0.2) is 26.4 Å². The van der Waals surface area contributed by atoms with Gasteiger partial charge in [0.25, 0.3) is 5.56 Å². The number of hydrogen-bond donors (Lipinski definition) is 1. The Balaban J connectivity index is 1.86. The van der Waals surface area contributed by atoms with Gasteiger partial charge in [-0.15, -0.1) is 0 Å². The van der Waals surface area contributed by atoms with Crippen LogP contribution in [0, 0.1) is 0 Å². The fourth-order valence-corrected chi connectivity index (χ4v) is 2.80. The Labute approximate surface area is 144 Å². The van der Waals surface area contributed by atoms with Gasteiger partial charge in [-0.1, -0.05) is 23.7 Å². The summed E-state index contributed by atoms with van der Waals surface area (Å²) in [6.45, 7) is 2.56. The Bertz CT molecular complexity index is 939. The largest absolute Gasteiger partial charge is 0.508 e. The first-order chi connectivity index (χ1) is 11.4. The van der Waals surface area contributed by atoms with Crippen molar-refractivity contribution in [2.75, 3.05) is 7.05 Å². The smallest absolute Gasteiger partial charge is 0.258 e. The second kappa shape index (κ2) is 6.63. The van der Waals surface area contributed by atoms with Crippen molar-refractivity contribution in [2.24, 2.45) is 0 Å². The number of rotatable bonds is 4. The summed E-state index contributed by atoms with van der Waals surface area (Å²) in [5.74, 6) is 0.242. The summed E-state index contributed by atoms with van der Waals surface area (Å²) in [4.78, 5) is 18.8. The normalized spacial score (nSPS) is 12.7. The van der Waals surface area contributed by atoms with E-state index in [0.717, 1.165) is 5.56 Å². The molecule has 124 valence electrons. The number of fused-ring (bicyclic) bond motifs is 1. The van der Waals surface area contributed by atoms with Gasteiger partial charge in [-0.25, -0.2) is 4.98 Å². The fraction of sp³-hybridized carbons (Fsp3) is 0.222. The predicted molar refractivity (Wildman–Crippen MR) is 94.5 cm³/mol. The maximum Gasteiger partial charge on any atom is 0.258 e. The Morgan fingerprint density at radius 2 is 2.08 bits per heavy atom. The number of aromatic nitrogens is 2. The molecule has 6 heteroatoms. The molecule has 0 spiro atoms. The molecular weight excluding hydrogens is 326 g/mol. The minimum atomic E-state index is -0.157. The first-order valence-electron chi connectivity index (χ1n) is 7.61. The van der Waals surface area contributed by atoms with Crippen molar-refractivity contribution >= 4 is 17.2 Å². The quantitative estimate of drug-likeness (QED) is 0.790. The van der Waals surface area contributed by atoms with E-state index in [-0.39, 0.29) is 17.4 Å². The number of halogens is 1. The lowest BCUT2D eigenvalue weighted by Gasteiger charge is -2.24. The summed E-state index contributed by atoms with van der Waals surface area (Å²) >= 11 is 5.92. The molecule has 1 N–H and O–H groups in total. The van der Waals surface area contributed by atoms with E-state index in [1.165, 1.54) is 10.5 Å². The second-order valence-corrected chi connectivity index (χ2v) is 6.28. The second-order valence-electron chi connectivity index (χ2n) is 5.85. The lowest BCUT2D eigenvalue weighted by Crippen LogP contribution is -2.24. The van der Waals surface area contributed by atoms with E-state index in [1.54, 1.807) is 30.5 Å². The zero-order valence-electron chi connectivity index (χ0n) is 13.5. The van der Waals surface area contributed by atoms with Crippen molar-refractivity contribution in [3.63, 3.8) is 0 Å². The van der Waals surface area contributed by atoms with Crippen molar-refractivity contribution in [1.82, 2.24) is 14.3 Å². The van der Waals surface area contributed by atoms with E-state index < -0.39 is 0 Å². The molecule has 2 heterocycles. The van der Waals surface area contributed by atoms with Crippen LogP contribution < -0.4 is 5.56 Å². The van der Waals surface area contributed by atoms with Crippen LogP contribution in [0.1, 0.15) is 24.2 Å². The third kappa shape index (κ3) is 3.42. The molecule has 2 aromatic heterocycles. The summed E-state index contributed by atoms with van der Waals surface area (Å²) in [5.41, 5.74) is 2.11. The van der Waals surface area contributed by atoms with Crippen LogP contribution in [0.2, 0.25) is 5.02 Å². The maximum absolute atomic E-state index is 12.2. The van der Waals surface area contributed by atoms with Crippen LogP contribution in [0.3, 0.4) is 0 Å². The summed E-state index contributed by atoms with van der Waals surface area (Å²) in [6, 6.07) is 12.2. The minimum absolute atomic E-state index is 0.0718. The van der Waals surface area contributed by atoms with Crippen molar-refractivity contribution in [3.05, 3.63) is 75.3 Å². The highest BCUT2D eigenvalue weighted by Gasteiger charge is 2.14. The Morgan fingerprint density at radius 3 is 2.83 bits per heavy atom. The molecule has 0 aliphatic carbocycles. The van der Waals surface area contributed by atoms with Gasteiger partial charge in [0.2, 0.25) is 0 Å². The molecule has 0 unspecified atom stereocenters. The van der Waals surface area contributed by atoms with Gasteiger partial charge < -0.3 is 5.11 Å². The highest BCUT2D eigenvalue weighted by atomic mass is 35.5. The molecule has 24 heavy (non-hydrogen) atoms. The molecule has 0 saturated heterocycles. The van der Waals surface area contributed by atoms with Gasteiger partial charge in [0.1, 0.15) is 11.4 Å². The number of pyridine rings is 1. The number of phenols is 1. The average Bonchev–Trinajstić information content (AvgIpc) is 2.55. The highest BCUT2D eigenvalue weighted by Crippen LogP contribution is 2.23. The highest BCUT2D eigenvalue weighted by molar-refractivity contribution is 6.30. The number of benzene rings is 1. The monoisotopic (exact) mass is 343 g/mol. The molecular formula is C18H18ClN3O2. The molecule has 5 nitrogen and oxygen atoms in total. The van der Waals surface area contributed by atoms with Crippen LogP contribution >= 0.6 is 11.6 Å². The zero-order chi connectivity index (χ0) is 17.3. The Hall–Kier alpha value is -2.37. The van der Waals surface area contributed by atoms with Gasteiger partial charge in [0.05, 0.1) is 10.7 Å². The summed E-state index contributed by atoms with van der Waals surface area (Å²) in [5, 5.41) is 10.1. The summed E-state index contributed by atoms with van der Waals surface area (Å²) in [6.07, 6.45) is 1.56. The van der Waals surface area contributed by atoms with Crippen LogP contribution in [0.25, 0.3) is 5.65 Å². The van der Waals surface area contributed by atoms with E-state index >= 15 is 0 Å². The molecule has 1 aromatic carbocycles. The summed E-state index contributed by atoms with van der Waals surface area (Å²) in [7, 11) is 1.96. The van der Waals surface area contributed by atoms with Gasteiger partial charge in [-0.2, -0.15) is 0 Å². The number of hydrogen-bond acceptors (Lipinski definition) is 4. The van der Waals surface area contributed by atoms with Gasteiger partial charge >= 0.3 is 0 Å². The first kappa shape index (κ1) is 16.5. The SMILES string of the molecule is C[C@H](c1cccc(O)c1)N(C)Cc1cc(=O)n2cc(Cl)ccc2n1. The van der Waals surface area contributed by atoms with Crippen molar-refractivity contribution in [2.45, 2.75) is 19.5 Å². The van der Waals surface area contributed by atoms with Gasteiger partial charge in [-0.05, 0) is 43.8 Å². The van der Waals surface area contributed by atoms with E-state index in [1.807, 2.05) is 26.1 Å². The van der Waals surface area contributed by atoms with Crippen molar-refractivity contribution in [3.8, 4) is 5.75 Å². The van der Waals surface area contributed by atoms with Crippen LogP contribution in [-0.2, 0) is 6.54 Å². The molecule has 0 aliphatic rings. The third-order valence-electron chi connectivity index (χ3n) is 4.10. The van der Waals surface area contributed by atoms with Crippen LogP contribution in [0.5, 0.6) is 5.75 Å². The van der Waals surface area contributed by atoms with Crippen molar-refractivity contribution in [1.29, 1.82) is 0 Å². The minimum Gasteiger partial charge on any atom is -0.508 e. The van der Waals surface area contributed by atoms with Crippen LogP contribution in [0.4, 0.5) is 0 Å². The molecule has 0 aliphatic heterocycles. The molecule has 0 radical (unpaired) electrons. The van der Waals surface area contributed by atoms with Crippen molar-refractivity contribution < 1.29 is 5.11 Å². The molecule has 0 bridgehead atoms. The molecule has 1 atom stereocenters. The van der Waals surface area contributed by atoms with Gasteiger partial charge in [0, 0.05) is 24.8 Å². The number of nitrogens with zero attached hydrogens (tertiary/aromatic N) is 3. The zero-order valence-corrected chi connectivity index (χ0v) is 14.2. The van der Waals surface area contributed by atoms with E-state index in [9.17, 15) is 9.90 Å².